The summed E-state index contributed by atoms with van der Waals surface area (Å²) < 4.78 is 0. The fourth-order valence-corrected chi connectivity index (χ4v) is 0.850. The Balaban J connectivity index is 0. The standard InChI is InChI=1S/C6H13BrO2.BH3O3/c1-5(2,8)6(3,9)4-7;2-1(3)4/h8-9H,4H2,1-3H3;2-4H. The minimum atomic E-state index is -2.17. The lowest BCUT2D eigenvalue weighted by Crippen LogP contribution is -2.48. The van der Waals surface area contributed by atoms with Crippen molar-refractivity contribution in [1.82, 2.24) is 0 Å². The van der Waals surface area contributed by atoms with Crippen molar-refractivity contribution in [2.45, 2.75) is 32.0 Å². The van der Waals surface area contributed by atoms with Gasteiger partial charge in [-0.25, -0.2) is 0 Å². The third-order valence-electron chi connectivity index (χ3n) is 1.58. The zero-order valence-electron chi connectivity index (χ0n) is 7.90. The maximum atomic E-state index is 9.36. The highest BCUT2D eigenvalue weighted by atomic mass is 79.9. The molecule has 0 aromatic heterocycles. The highest BCUT2D eigenvalue weighted by Crippen LogP contribution is 2.22. The van der Waals surface area contributed by atoms with Gasteiger partial charge in [0.25, 0.3) is 0 Å². The Labute approximate surface area is 86.3 Å². The molecule has 5 N–H and O–H groups in total. The lowest BCUT2D eigenvalue weighted by molar-refractivity contribution is -0.103. The highest BCUT2D eigenvalue weighted by Gasteiger charge is 2.36. The summed E-state index contributed by atoms with van der Waals surface area (Å²) in [6.07, 6.45) is 0. The van der Waals surface area contributed by atoms with Gasteiger partial charge >= 0.3 is 7.32 Å². The van der Waals surface area contributed by atoms with Crippen LogP contribution in [0.1, 0.15) is 20.8 Å². The van der Waals surface area contributed by atoms with E-state index in [1.807, 2.05) is 0 Å². The normalized spacial score (nSPS) is 15.5. The van der Waals surface area contributed by atoms with Crippen LogP contribution in [-0.4, -0.2) is 49.1 Å². The SMILES string of the molecule is CC(C)(O)C(C)(O)CBr.OB(O)O. The summed E-state index contributed by atoms with van der Waals surface area (Å²) in [4.78, 5) is 0. The van der Waals surface area contributed by atoms with E-state index in [1.165, 1.54) is 0 Å². The Bertz CT molecular complexity index is 131. The van der Waals surface area contributed by atoms with E-state index < -0.39 is 18.5 Å². The largest absolute Gasteiger partial charge is 0.631 e. The van der Waals surface area contributed by atoms with Gasteiger partial charge in [-0.1, -0.05) is 15.9 Å². The molecule has 0 aliphatic carbocycles. The number of halogens is 1. The lowest BCUT2D eigenvalue weighted by Gasteiger charge is -2.33. The van der Waals surface area contributed by atoms with Crippen molar-refractivity contribution >= 4 is 23.3 Å². The van der Waals surface area contributed by atoms with Crippen LogP contribution < -0.4 is 0 Å². The van der Waals surface area contributed by atoms with E-state index in [9.17, 15) is 10.2 Å². The van der Waals surface area contributed by atoms with Crippen LogP contribution in [0.5, 0.6) is 0 Å². The van der Waals surface area contributed by atoms with Crippen LogP contribution in [0.2, 0.25) is 0 Å². The molecule has 0 spiro atoms. The predicted octanol–water partition coefficient (Wildman–Crippen LogP) is -1.15. The Morgan fingerprint density at radius 1 is 1.08 bits per heavy atom. The van der Waals surface area contributed by atoms with Gasteiger partial charge < -0.3 is 25.3 Å². The van der Waals surface area contributed by atoms with Gasteiger partial charge in [-0.3, -0.25) is 0 Å². The molecule has 0 aliphatic heterocycles. The van der Waals surface area contributed by atoms with Crippen LogP contribution in [0, 0.1) is 0 Å². The molecule has 1 unspecified atom stereocenters. The van der Waals surface area contributed by atoms with Crippen molar-refractivity contribution in [3.63, 3.8) is 0 Å². The van der Waals surface area contributed by atoms with Crippen molar-refractivity contribution in [3.05, 3.63) is 0 Å². The lowest BCUT2D eigenvalue weighted by atomic mass is 9.90. The molecule has 80 valence electrons. The van der Waals surface area contributed by atoms with Gasteiger partial charge in [0.1, 0.15) is 0 Å². The van der Waals surface area contributed by atoms with Crippen molar-refractivity contribution in [2.24, 2.45) is 0 Å². The molecule has 0 fully saturated rings. The van der Waals surface area contributed by atoms with E-state index >= 15 is 0 Å². The first kappa shape index (κ1) is 15.8. The topological polar surface area (TPSA) is 101 Å². The Morgan fingerprint density at radius 2 is 1.31 bits per heavy atom. The van der Waals surface area contributed by atoms with E-state index in [-0.39, 0.29) is 0 Å². The van der Waals surface area contributed by atoms with Gasteiger partial charge in [-0.15, -0.1) is 0 Å². The third-order valence-corrected chi connectivity index (χ3v) is 2.67. The molecule has 13 heavy (non-hydrogen) atoms. The maximum absolute atomic E-state index is 9.36. The molecule has 0 saturated carbocycles. The van der Waals surface area contributed by atoms with E-state index in [2.05, 4.69) is 15.9 Å². The van der Waals surface area contributed by atoms with Crippen LogP contribution in [0.15, 0.2) is 0 Å². The van der Waals surface area contributed by atoms with Crippen LogP contribution in [0.3, 0.4) is 0 Å². The van der Waals surface area contributed by atoms with Gasteiger partial charge in [0.05, 0.1) is 11.2 Å². The molecule has 0 saturated heterocycles. The van der Waals surface area contributed by atoms with Crippen LogP contribution in [0.25, 0.3) is 0 Å². The van der Waals surface area contributed by atoms with Crippen molar-refractivity contribution in [3.8, 4) is 0 Å². The van der Waals surface area contributed by atoms with Crippen LogP contribution in [-0.2, 0) is 0 Å². The van der Waals surface area contributed by atoms with Gasteiger partial charge in [0.15, 0.2) is 0 Å². The molecule has 0 radical (unpaired) electrons. The molecule has 0 bridgehead atoms. The van der Waals surface area contributed by atoms with E-state index in [0.717, 1.165) is 0 Å². The fourth-order valence-electron chi connectivity index (χ4n) is 0.164. The summed E-state index contributed by atoms with van der Waals surface area (Å²) in [6, 6.07) is 0. The van der Waals surface area contributed by atoms with Crippen LogP contribution in [0.4, 0.5) is 0 Å². The second-order valence-electron chi connectivity index (χ2n) is 3.31. The Hall–Kier alpha value is 0.345. The van der Waals surface area contributed by atoms with Gasteiger partial charge in [-0.05, 0) is 20.8 Å². The summed E-state index contributed by atoms with van der Waals surface area (Å²) in [7, 11) is -2.17. The van der Waals surface area contributed by atoms with E-state index in [4.69, 9.17) is 15.1 Å². The Kier molecular flexibility index (Phi) is 7.23. The molecular weight excluding hydrogens is 243 g/mol. The number of rotatable bonds is 2. The number of aliphatic hydroxyl groups is 2. The smallest absolute Gasteiger partial charge is 0.402 e. The van der Waals surface area contributed by atoms with E-state index in [0.29, 0.717) is 5.33 Å². The van der Waals surface area contributed by atoms with Crippen molar-refractivity contribution in [2.75, 3.05) is 5.33 Å². The molecule has 7 heteroatoms. The number of alkyl halides is 1. The summed E-state index contributed by atoms with van der Waals surface area (Å²) in [5, 5.41) is 40.5. The van der Waals surface area contributed by atoms with Crippen molar-refractivity contribution in [1.29, 1.82) is 0 Å². The molecular formula is C6H16BBrO5. The van der Waals surface area contributed by atoms with Crippen molar-refractivity contribution < 1.29 is 25.3 Å². The third kappa shape index (κ3) is 8.67. The molecule has 0 aliphatic rings. The maximum Gasteiger partial charge on any atom is 0.631 e. The average molecular weight is 259 g/mol. The first-order chi connectivity index (χ1) is 5.54. The number of hydrogen-bond acceptors (Lipinski definition) is 5. The van der Waals surface area contributed by atoms with Crippen LogP contribution >= 0.6 is 15.9 Å². The van der Waals surface area contributed by atoms with Gasteiger partial charge in [0, 0.05) is 5.33 Å². The van der Waals surface area contributed by atoms with Gasteiger partial charge in [0.2, 0.25) is 0 Å². The quantitative estimate of drug-likeness (QED) is 0.318. The molecule has 5 nitrogen and oxygen atoms in total. The molecule has 1 atom stereocenters. The first-order valence-corrected chi connectivity index (χ1v) is 4.71. The fraction of sp³-hybridized carbons (Fsp3) is 1.00. The Morgan fingerprint density at radius 3 is 1.31 bits per heavy atom. The second kappa shape index (κ2) is 5.95. The zero-order chi connectivity index (χ0) is 11.3. The van der Waals surface area contributed by atoms with E-state index in [1.54, 1.807) is 20.8 Å². The monoisotopic (exact) mass is 258 g/mol. The average Bonchev–Trinajstić information content (AvgIpc) is 1.84. The minimum Gasteiger partial charge on any atom is -0.402 e. The molecule has 0 aromatic carbocycles. The first-order valence-electron chi connectivity index (χ1n) is 3.59. The molecule has 0 heterocycles. The minimum absolute atomic E-state index is 0.378. The summed E-state index contributed by atoms with van der Waals surface area (Å²) in [5.74, 6) is 0. The summed E-state index contributed by atoms with van der Waals surface area (Å²) in [5.41, 5.74) is -2.09. The van der Waals surface area contributed by atoms with Gasteiger partial charge in [-0.2, -0.15) is 0 Å². The molecule has 0 amide bonds. The highest BCUT2D eigenvalue weighted by molar-refractivity contribution is 9.09. The summed E-state index contributed by atoms with van der Waals surface area (Å²) in [6.45, 7) is 4.74. The number of hydrogen-bond donors (Lipinski definition) is 5. The second-order valence-corrected chi connectivity index (χ2v) is 3.87. The predicted molar refractivity (Wildman–Crippen MR) is 53.1 cm³/mol. The summed E-state index contributed by atoms with van der Waals surface area (Å²) >= 11 is 3.10. The zero-order valence-corrected chi connectivity index (χ0v) is 9.48. The molecule has 0 rings (SSSR count). The molecule has 0 aromatic rings.